The molecule has 0 aromatic heterocycles. The maximum Gasteiger partial charge on any atom is 0.314 e. The van der Waals surface area contributed by atoms with Gasteiger partial charge in [0.2, 0.25) is 0 Å². The largest absolute Gasteiger partial charge is 0.506 e. The minimum absolute atomic E-state index is 0.171. The van der Waals surface area contributed by atoms with E-state index >= 15 is 0 Å². The molecule has 0 atom stereocenters. The second-order valence-corrected chi connectivity index (χ2v) is 5.23. The van der Waals surface area contributed by atoms with Crippen LogP contribution in [0.3, 0.4) is 0 Å². The average Bonchev–Trinajstić information content (AvgIpc) is 2.73. The highest BCUT2D eigenvalue weighted by Crippen LogP contribution is 2.46. The summed E-state index contributed by atoms with van der Waals surface area (Å²) in [6, 6.07) is 2.25. The molecule has 1 aliphatic rings. The molecule has 0 unspecified atom stereocenters. The first-order chi connectivity index (χ1) is 7.97. The normalized spacial score (nSPS) is 18.2. The Morgan fingerprint density at radius 2 is 1.94 bits per heavy atom. The number of phenols is 1. The van der Waals surface area contributed by atoms with Crippen molar-refractivity contribution in [2.24, 2.45) is 0 Å². The van der Waals surface area contributed by atoms with Gasteiger partial charge < -0.3 is 10.2 Å². The molecule has 1 aliphatic carbocycles. The number of carbonyl (C=O) groups is 1. The smallest absolute Gasteiger partial charge is 0.314 e. The highest BCUT2D eigenvalue weighted by Gasteiger charge is 2.45. The summed E-state index contributed by atoms with van der Waals surface area (Å²) in [7, 11) is 0. The zero-order chi connectivity index (χ0) is 12.6. The molecule has 0 amide bonds. The second-order valence-electron chi connectivity index (χ2n) is 4.38. The number of halogens is 2. The predicted molar refractivity (Wildman–Crippen MR) is 63.5 cm³/mol. The van der Waals surface area contributed by atoms with Gasteiger partial charge in [-0.2, -0.15) is 0 Å². The average molecular weight is 303 g/mol. The van der Waals surface area contributed by atoms with Crippen LogP contribution in [0, 0.1) is 5.82 Å². The monoisotopic (exact) mass is 302 g/mol. The lowest BCUT2D eigenvalue weighted by Gasteiger charge is -2.25. The van der Waals surface area contributed by atoms with E-state index in [1.54, 1.807) is 0 Å². The fraction of sp³-hybridized carbons (Fsp3) is 0.417. The molecule has 1 saturated carbocycles. The Morgan fingerprint density at radius 3 is 2.47 bits per heavy atom. The molecule has 17 heavy (non-hydrogen) atoms. The fourth-order valence-corrected chi connectivity index (χ4v) is 2.94. The molecule has 3 nitrogen and oxygen atoms in total. The third-order valence-electron chi connectivity index (χ3n) is 3.41. The summed E-state index contributed by atoms with van der Waals surface area (Å²) in [4.78, 5) is 11.4. The third-order valence-corrected chi connectivity index (χ3v) is 4.01. The molecule has 0 aliphatic heterocycles. The van der Waals surface area contributed by atoms with Crippen LogP contribution in [0.1, 0.15) is 31.2 Å². The van der Waals surface area contributed by atoms with Crippen molar-refractivity contribution in [1.29, 1.82) is 0 Å². The van der Waals surface area contributed by atoms with Gasteiger partial charge in [0.05, 0.1) is 9.89 Å². The lowest BCUT2D eigenvalue weighted by molar-refractivity contribution is -0.143. The highest BCUT2D eigenvalue weighted by molar-refractivity contribution is 9.10. The number of benzene rings is 1. The van der Waals surface area contributed by atoms with Crippen LogP contribution in [-0.2, 0) is 10.2 Å². The van der Waals surface area contributed by atoms with Gasteiger partial charge in [-0.05, 0) is 40.9 Å². The quantitative estimate of drug-likeness (QED) is 0.882. The predicted octanol–water partition coefficient (Wildman–Crippen LogP) is 3.19. The second kappa shape index (κ2) is 4.29. The van der Waals surface area contributed by atoms with Gasteiger partial charge in [-0.15, -0.1) is 0 Å². The molecule has 1 fully saturated rings. The van der Waals surface area contributed by atoms with Gasteiger partial charge in [0.1, 0.15) is 11.6 Å². The van der Waals surface area contributed by atoms with Gasteiger partial charge in [0.15, 0.2) is 0 Å². The zero-order valence-electron chi connectivity index (χ0n) is 9.04. The molecular formula is C12H12BrFO3. The van der Waals surface area contributed by atoms with E-state index in [0.717, 1.165) is 25.0 Å². The lowest BCUT2D eigenvalue weighted by Crippen LogP contribution is -2.32. The van der Waals surface area contributed by atoms with E-state index in [2.05, 4.69) is 15.9 Å². The van der Waals surface area contributed by atoms with Gasteiger partial charge >= 0.3 is 5.97 Å². The first-order valence-corrected chi connectivity index (χ1v) is 6.18. The minimum Gasteiger partial charge on any atom is -0.506 e. The van der Waals surface area contributed by atoms with Crippen molar-refractivity contribution >= 4 is 21.9 Å². The number of phenolic OH excluding ortho intramolecular Hbond substituents is 1. The number of rotatable bonds is 2. The van der Waals surface area contributed by atoms with Crippen molar-refractivity contribution in [3.63, 3.8) is 0 Å². The van der Waals surface area contributed by atoms with Crippen molar-refractivity contribution in [1.82, 2.24) is 0 Å². The summed E-state index contributed by atoms with van der Waals surface area (Å²) in [5.41, 5.74) is -0.969. The summed E-state index contributed by atoms with van der Waals surface area (Å²) in [5.74, 6) is -1.71. The number of hydrogen-bond donors (Lipinski definition) is 2. The van der Waals surface area contributed by atoms with Crippen molar-refractivity contribution in [2.75, 3.05) is 0 Å². The van der Waals surface area contributed by atoms with Crippen LogP contribution in [0.15, 0.2) is 16.6 Å². The number of carboxylic acids is 1. The maximum atomic E-state index is 13.4. The van der Waals surface area contributed by atoms with Crippen molar-refractivity contribution in [3.8, 4) is 5.75 Å². The van der Waals surface area contributed by atoms with Crippen LogP contribution in [-0.4, -0.2) is 16.2 Å². The van der Waals surface area contributed by atoms with E-state index < -0.39 is 17.2 Å². The molecule has 1 aromatic rings. The van der Waals surface area contributed by atoms with Crippen LogP contribution < -0.4 is 0 Å². The van der Waals surface area contributed by atoms with E-state index in [9.17, 15) is 19.4 Å². The summed E-state index contributed by atoms with van der Waals surface area (Å²) in [6.45, 7) is 0. The molecule has 2 rings (SSSR count). The number of aliphatic carboxylic acids is 1. The first-order valence-electron chi connectivity index (χ1n) is 5.39. The molecule has 0 bridgehead atoms. The summed E-state index contributed by atoms with van der Waals surface area (Å²) < 4.78 is 13.6. The molecule has 0 spiro atoms. The Kier molecular flexibility index (Phi) is 3.12. The lowest BCUT2D eigenvalue weighted by atomic mass is 9.78. The van der Waals surface area contributed by atoms with Crippen LogP contribution in [0.2, 0.25) is 0 Å². The van der Waals surface area contributed by atoms with Crippen molar-refractivity contribution in [2.45, 2.75) is 31.1 Å². The van der Waals surface area contributed by atoms with Crippen LogP contribution in [0.4, 0.5) is 4.39 Å². The van der Waals surface area contributed by atoms with Crippen molar-refractivity contribution in [3.05, 3.63) is 28.0 Å². The fourth-order valence-electron chi connectivity index (χ4n) is 2.51. The Labute approximate surface area is 106 Å². The molecule has 2 N–H and O–H groups in total. The first kappa shape index (κ1) is 12.4. The summed E-state index contributed by atoms with van der Waals surface area (Å²) in [5, 5.41) is 19.3. The Balaban J connectivity index is 2.62. The molecule has 92 valence electrons. The van der Waals surface area contributed by atoms with Crippen LogP contribution in [0.25, 0.3) is 0 Å². The Morgan fingerprint density at radius 1 is 1.35 bits per heavy atom. The van der Waals surface area contributed by atoms with Gasteiger partial charge in [-0.25, -0.2) is 4.39 Å². The molecule has 1 aromatic carbocycles. The summed E-state index contributed by atoms with van der Waals surface area (Å²) >= 11 is 3.03. The van der Waals surface area contributed by atoms with E-state index in [0.29, 0.717) is 12.8 Å². The van der Waals surface area contributed by atoms with Gasteiger partial charge in [0, 0.05) is 5.56 Å². The maximum absolute atomic E-state index is 13.4. The molecule has 0 saturated heterocycles. The SMILES string of the molecule is O=C(O)C1(c2cc(F)cc(Br)c2O)CCCC1. The molecular weight excluding hydrogens is 291 g/mol. The minimum atomic E-state index is -1.14. The Bertz CT molecular complexity index is 467. The van der Waals surface area contributed by atoms with Gasteiger partial charge in [-0.1, -0.05) is 12.8 Å². The molecule has 5 heteroatoms. The van der Waals surface area contributed by atoms with E-state index in [1.807, 2.05) is 0 Å². The highest BCUT2D eigenvalue weighted by atomic mass is 79.9. The number of hydrogen-bond acceptors (Lipinski definition) is 2. The number of carboxylic acid groups (broad SMARTS) is 1. The molecule has 0 radical (unpaired) electrons. The number of aromatic hydroxyl groups is 1. The van der Waals surface area contributed by atoms with Crippen LogP contribution in [0.5, 0.6) is 5.75 Å². The molecule has 0 heterocycles. The standard InChI is InChI=1S/C12H12BrFO3/c13-9-6-7(14)5-8(10(9)15)12(11(16)17)3-1-2-4-12/h5-6,15H,1-4H2,(H,16,17). The summed E-state index contributed by atoms with van der Waals surface area (Å²) in [6.07, 6.45) is 2.43. The van der Waals surface area contributed by atoms with Crippen molar-refractivity contribution < 1.29 is 19.4 Å². The van der Waals surface area contributed by atoms with Crippen LogP contribution >= 0.6 is 15.9 Å². The van der Waals surface area contributed by atoms with Gasteiger partial charge in [0.25, 0.3) is 0 Å². The van der Waals surface area contributed by atoms with Gasteiger partial charge in [-0.3, -0.25) is 4.79 Å². The van der Waals surface area contributed by atoms with E-state index in [4.69, 9.17) is 0 Å². The topological polar surface area (TPSA) is 57.5 Å². The Hall–Kier alpha value is -1.10. The van der Waals surface area contributed by atoms with E-state index in [-0.39, 0.29) is 15.8 Å². The zero-order valence-corrected chi connectivity index (χ0v) is 10.6. The third kappa shape index (κ3) is 1.92. The van der Waals surface area contributed by atoms with E-state index in [1.165, 1.54) is 0 Å².